The summed E-state index contributed by atoms with van der Waals surface area (Å²) in [5.74, 6) is 1.34. The Labute approximate surface area is 187 Å². The first-order valence-corrected chi connectivity index (χ1v) is 9.99. The minimum absolute atomic E-state index is 0. The van der Waals surface area contributed by atoms with E-state index in [0.29, 0.717) is 19.1 Å². The normalized spacial score (nSPS) is 16.0. The number of rotatable bonds is 8. The summed E-state index contributed by atoms with van der Waals surface area (Å²) in [5, 5.41) is 10.3. The van der Waals surface area contributed by atoms with Crippen molar-refractivity contribution in [1.29, 1.82) is 0 Å². The van der Waals surface area contributed by atoms with Crippen LogP contribution in [0.1, 0.15) is 30.9 Å². The lowest BCUT2D eigenvalue weighted by Gasteiger charge is -2.35. The average molecular weight is 439 g/mol. The number of ether oxygens (including phenoxy) is 1. The van der Waals surface area contributed by atoms with E-state index < -0.39 is 6.10 Å². The molecule has 1 unspecified atom stereocenters. The summed E-state index contributed by atoms with van der Waals surface area (Å²) in [6.07, 6.45) is -0.463. The first-order chi connectivity index (χ1) is 13.1. The van der Waals surface area contributed by atoms with Gasteiger partial charge in [-0.3, -0.25) is 9.80 Å². The van der Waals surface area contributed by atoms with Crippen LogP contribution in [0, 0.1) is 0 Å². The van der Waals surface area contributed by atoms with Gasteiger partial charge in [0.15, 0.2) is 0 Å². The summed E-state index contributed by atoms with van der Waals surface area (Å²) >= 11 is 0. The number of aliphatic hydroxyl groups is 1. The van der Waals surface area contributed by atoms with Crippen LogP contribution in [-0.2, 0) is 6.54 Å². The van der Waals surface area contributed by atoms with E-state index in [1.807, 2.05) is 12.1 Å². The van der Waals surface area contributed by atoms with Crippen LogP contribution in [-0.4, -0.2) is 60.3 Å². The summed E-state index contributed by atoms with van der Waals surface area (Å²) in [6.45, 7) is 10.4. The van der Waals surface area contributed by atoms with Gasteiger partial charge in [-0.25, -0.2) is 0 Å². The van der Waals surface area contributed by atoms with Crippen molar-refractivity contribution in [2.45, 2.75) is 32.4 Å². The van der Waals surface area contributed by atoms with Gasteiger partial charge in [-0.05, 0) is 29.2 Å². The number of hydrogen-bond donors (Lipinski definition) is 1. The van der Waals surface area contributed by atoms with Crippen molar-refractivity contribution >= 4 is 0 Å². The van der Waals surface area contributed by atoms with Crippen molar-refractivity contribution in [3.63, 3.8) is 0 Å². The average Bonchev–Trinajstić information content (AvgIpc) is 2.69. The molecule has 0 saturated carbocycles. The van der Waals surface area contributed by atoms with Crippen LogP contribution in [0.5, 0.6) is 5.75 Å². The van der Waals surface area contributed by atoms with E-state index in [2.05, 4.69) is 66.1 Å². The van der Waals surface area contributed by atoms with Gasteiger partial charge in [0.25, 0.3) is 0 Å². The van der Waals surface area contributed by atoms with Crippen LogP contribution in [0.3, 0.4) is 0 Å². The Kier molecular flexibility index (Phi) is 11.6. The first-order valence-electron chi connectivity index (χ1n) is 9.99. The molecule has 2 aromatic carbocycles. The van der Waals surface area contributed by atoms with E-state index in [1.165, 1.54) is 11.1 Å². The molecule has 1 heterocycles. The second-order valence-corrected chi connectivity index (χ2v) is 7.75. The molecule has 0 bridgehead atoms. The van der Waals surface area contributed by atoms with Gasteiger partial charge >= 0.3 is 0 Å². The van der Waals surface area contributed by atoms with Crippen LogP contribution in [0.25, 0.3) is 0 Å². The number of benzene rings is 2. The van der Waals surface area contributed by atoms with Gasteiger partial charge in [0.2, 0.25) is 0 Å². The second-order valence-electron chi connectivity index (χ2n) is 7.75. The third kappa shape index (κ3) is 8.53. The molecule has 0 aromatic heterocycles. The highest BCUT2D eigenvalue weighted by molar-refractivity contribution is 5.28. The van der Waals surface area contributed by atoms with E-state index >= 15 is 0 Å². The molecule has 162 valence electrons. The Morgan fingerprint density at radius 2 is 1.45 bits per heavy atom. The van der Waals surface area contributed by atoms with Gasteiger partial charge in [0.05, 0.1) is 0 Å². The molecule has 1 saturated heterocycles. The standard InChI is InChI=1S/C23H32N2O2.2ClH/c1-19(2)21-8-10-23(11-9-21)27-18-22(26)17-25-14-12-24(13-15-25)16-20-6-4-3-5-7-20;;/h3-11,19,22,26H,12-18H2,1-2H3;2*1H/p-2. The Hall–Kier alpha value is -1.30. The maximum Gasteiger partial charge on any atom is 0.119 e. The molecule has 3 rings (SSSR count). The minimum atomic E-state index is -0.463. The smallest absolute Gasteiger partial charge is 0.119 e. The molecule has 1 atom stereocenters. The Bertz CT molecular complexity index is 675. The van der Waals surface area contributed by atoms with Gasteiger partial charge in [-0.2, -0.15) is 0 Å². The third-order valence-electron chi connectivity index (χ3n) is 5.17. The molecule has 1 fully saturated rings. The van der Waals surface area contributed by atoms with Crippen LogP contribution in [0.2, 0.25) is 0 Å². The monoisotopic (exact) mass is 438 g/mol. The summed E-state index contributed by atoms with van der Waals surface area (Å²) < 4.78 is 5.76. The summed E-state index contributed by atoms with van der Waals surface area (Å²) in [6, 6.07) is 18.8. The van der Waals surface area contributed by atoms with Crippen molar-refractivity contribution in [1.82, 2.24) is 9.80 Å². The summed E-state index contributed by atoms with van der Waals surface area (Å²) in [7, 11) is 0. The van der Waals surface area contributed by atoms with Crippen molar-refractivity contribution in [2.75, 3.05) is 39.3 Å². The molecule has 1 aliphatic heterocycles. The van der Waals surface area contributed by atoms with E-state index in [4.69, 9.17) is 4.74 Å². The number of β-amino-alcohol motifs (C(OH)–C–C–N with tert-alkyl or cyclic N) is 1. The highest BCUT2D eigenvalue weighted by Crippen LogP contribution is 2.18. The molecule has 1 N–H and O–H groups in total. The van der Waals surface area contributed by atoms with Gasteiger partial charge < -0.3 is 34.7 Å². The SMILES string of the molecule is CC(C)c1ccc(OCC(O)CN2CCN(Cc3ccccc3)CC2)cc1.[Cl-].[Cl-]. The maximum absolute atomic E-state index is 10.3. The van der Waals surface area contributed by atoms with Crippen LogP contribution in [0.15, 0.2) is 54.6 Å². The molecule has 6 heteroatoms. The number of piperazine rings is 1. The highest BCUT2D eigenvalue weighted by Gasteiger charge is 2.19. The quantitative estimate of drug-likeness (QED) is 0.489. The highest BCUT2D eigenvalue weighted by atomic mass is 35.5. The third-order valence-corrected chi connectivity index (χ3v) is 5.17. The number of halogens is 2. The predicted molar refractivity (Wildman–Crippen MR) is 110 cm³/mol. The van der Waals surface area contributed by atoms with E-state index in [-0.39, 0.29) is 24.8 Å². The molecule has 0 amide bonds. The minimum Gasteiger partial charge on any atom is -1.00 e. The van der Waals surface area contributed by atoms with Crippen LogP contribution < -0.4 is 29.6 Å². The fraction of sp³-hybridized carbons (Fsp3) is 0.478. The molecule has 0 radical (unpaired) electrons. The van der Waals surface area contributed by atoms with Gasteiger partial charge in [-0.15, -0.1) is 0 Å². The molecular formula is C23H32Cl2N2O2-2. The molecular weight excluding hydrogens is 407 g/mol. The topological polar surface area (TPSA) is 35.9 Å². The summed E-state index contributed by atoms with van der Waals surface area (Å²) in [5.41, 5.74) is 2.67. The fourth-order valence-corrected chi connectivity index (χ4v) is 3.46. The summed E-state index contributed by atoms with van der Waals surface area (Å²) in [4.78, 5) is 4.81. The van der Waals surface area contributed by atoms with E-state index in [9.17, 15) is 5.11 Å². The Balaban J connectivity index is 0.00000210. The lowest BCUT2D eigenvalue weighted by Crippen LogP contribution is -3.00. The van der Waals surface area contributed by atoms with Gasteiger partial charge in [0, 0.05) is 39.3 Å². The van der Waals surface area contributed by atoms with Crippen molar-refractivity contribution in [2.24, 2.45) is 0 Å². The van der Waals surface area contributed by atoms with Crippen LogP contribution in [0.4, 0.5) is 0 Å². The van der Waals surface area contributed by atoms with Gasteiger partial charge in [-0.1, -0.05) is 56.3 Å². The lowest BCUT2D eigenvalue weighted by atomic mass is 10.0. The van der Waals surface area contributed by atoms with Crippen LogP contribution >= 0.6 is 0 Å². The fourth-order valence-electron chi connectivity index (χ4n) is 3.46. The second kappa shape index (κ2) is 13.1. The zero-order chi connectivity index (χ0) is 19.1. The zero-order valence-corrected chi connectivity index (χ0v) is 18.8. The predicted octanol–water partition coefficient (Wildman–Crippen LogP) is -2.62. The van der Waals surface area contributed by atoms with E-state index in [1.54, 1.807) is 0 Å². The van der Waals surface area contributed by atoms with Crippen molar-refractivity contribution < 1.29 is 34.7 Å². The molecule has 0 spiro atoms. The first kappa shape index (κ1) is 25.7. The molecule has 1 aliphatic rings. The lowest BCUT2D eigenvalue weighted by molar-refractivity contribution is -0.00100. The van der Waals surface area contributed by atoms with Crippen molar-refractivity contribution in [3.8, 4) is 5.75 Å². The molecule has 4 nitrogen and oxygen atoms in total. The zero-order valence-electron chi connectivity index (χ0n) is 17.3. The Morgan fingerprint density at radius 3 is 2.03 bits per heavy atom. The number of hydrogen-bond acceptors (Lipinski definition) is 4. The number of aliphatic hydroxyl groups excluding tert-OH is 1. The van der Waals surface area contributed by atoms with Crippen molar-refractivity contribution in [3.05, 3.63) is 65.7 Å². The molecule has 0 aliphatic carbocycles. The van der Waals surface area contributed by atoms with E-state index in [0.717, 1.165) is 38.5 Å². The maximum atomic E-state index is 10.3. The molecule has 2 aromatic rings. The van der Waals surface area contributed by atoms with Gasteiger partial charge in [0.1, 0.15) is 18.5 Å². The largest absolute Gasteiger partial charge is 1.00 e. The Morgan fingerprint density at radius 1 is 0.862 bits per heavy atom. The number of nitrogens with zero attached hydrogens (tertiary/aromatic N) is 2. The molecule has 29 heavy (non-hydrogen) atoms.